The Morgan fingerprint density at radius 1 is 0.328 bits per heavy atom. The van der Waals surface area contributed by atoms with E-state index < -0.39 is 0 Å². The molecule has 0 unspecified atom stereocenters. The molecule has 0 atom stereocenters. The minimum atomic E-state index is -0.252. The minimum Gasteiger partial charge on any atom is -0.456 e. The second-order valence-electron chi connectivity index (χ2n) is 16.7. The van der Waals surface area contributed by atoms with Gasteiger partial charge in [-0.25, -0.2) is 29.9 Å². The van der Waals surface area contributed by atoms with Crippen LogP contribution in [-0.2, 0) is 5.41 Å². The third kappa shape index (κ3) is 6.28. The average Bonchev–Trinajstić information content (AvgIpc) is 3.85. The number of hydrogen-bond donors (Lipinski definition) is 0. The molecule has 3 aromatic heterocycles. The van der Waals surface area contributed by atoms with Crippen molar-refractivity contribution in [3.8, 4) is 90.6 Å². The summed E-state index contributed by atoms with van der Waals surface area (Å²) in [5, 5.41) is 1.94. The zero-order chi connectivity index (χ0) is 42.8. The van der Waals surface area contributed by atoms with Crippen molar-refractivity contribution in [3.05, 3.63) is 205 Å². The summed E-state index contributed by atoms with van der Waals surface area (Å²) >= 11 is 0. The van der Waals surface area contributed by atoms with Gasteiger partial charge in [-0.2, -0.15) is 0 Å². The second-order valence-corrected chi connectivity index (χ2v) is 16.7. The molecule has 12 rings (SSSR count). The van der Waals surface area contributed by atoms with Crippen LogP contribution in [0.2, 0.25) is 0 Å². The number of furan rings is 1. The molecule has 1 aliphatic rings. The molecule has 7 heteroatoms. The second kappa shape index (κ2) is 14.9. The van der Waals surface area contributed by atoms with E-state index in [1.165, 1.54) is 16.7 Å². The maximum Gasteiger partial charge on any atom is 0.164 e. The van der Waals surface area contributed by atoms with Crippen molar-refractivity contribution in [2.45, 2.75) is 19.3 Å². The van der Waals surface area contributed by atoms with Crippen LogP contribution in [0, 0.1) is 0 Å². The van der Waals surface area contributed by atoms with E-state index in [1.807, 2.05) is 133 Å². The molecule has 0 radical (unpaired) electrons. The summed E-state index contributed by atoms with van der Waals surface area (Å²) in [7, 11) is 0. The Kier molecular flexibility index (Phi) is 8.69. The Morgan fingerprint density at radius 3 is 1.33 bits per heavy atom. The summed E-state index contributed by atoms with van der Waals surface area (Å²) in [6.45, 7) is 4.61. The largest absolute Gasteiger partial charge is 0.456 e. The molecular weight excluding hydrogens is 785 g/mol. The number of hydrogen-bond acceptors (Lipinski definition) is 7. The fraction of sp³-hybridized carbons (Fsp3) is 0.0526. The fourth-order valence-electron chi connectivity index (χ4n) is 9.22. The summed E-state index contributed by atoms with van der Waals surface area (Å²) in [4.78, 5) is 30.4. The average molecular weight is 823 g/mol. The number of fused-ring (bicyclic) bond motifs is 6. The van der Waals surface area contributed by atoms with Crippen LogP contribution in [0.25, 0.3) is 113 Å². The fourth-order valence-corrected chi connectivity index (χ4v) is 9.22. The standard InChI is InChI=1S/C57H38N6O/c1-57(2)45-31-29-39(33-43(45)49-41(25-15-27-46(49)57)55-60-51(35-17-7-3-8-18-35)58-52(61-55)36-19-9-4-10-20-36)40-30-32-47-44(34-40)50-42(26-16-28-48(50)64-47)56-62-53(37-21-11-5-12-22-37)59-54(63-56)38-23-13-6-14-24-38/h3-34H,1-2H3. The molecule has 7 nitrogen and oxygen atoms in total. The van der Waals surface area contributed by atoms with Crippen LogP contribution in [0.5, 0.6) is 0 Å². The number of benzene rings is 8. The zero-order valence-corrected chi connectivity index (χ0v) is 35.1. The highest BCUT2D eigenvalue weighted by molar-refractivity contribution is 6.13. The Morgan fingerprint density at radius 2 is 0.781 bits per heavy atom. The van der Waals surface area contributed by atoms with Crippen LogP contribution in [0.15, 0.2) is 199 Å². The summed E-state index contributed by atoms with van der Waals surface area (Å²) in [6.07, 6.45) is 0. The molecular formula is C57H38N6O. The molecule has 0 amide bonds. The Balaban J connectivity index is 1.01. The van der Waals surface area contributed by atoms with Crippen LogP contribution in [0.3, 0.4) is 0 Å². The topological polar surface area (TPSA) is 90.5 Å². The van der Waals surface area contributed by atoms with Crippen molar-refractivity contribution in [2.75, 3.05) is 0 Å². The van der Waals surface area contributed by atoms with Gasteiger partial charge >= 0.3 is 0 Å². The van der Waals surface area contributed by atoms with Crippen molar-refractivity contribution in [2.24, 2.45) is 0 Å². The molecule has 8 aromatic carbocycles. The van der Waals surface area contributed by atoms with Crippen LogP contribution < -0.4 is 0 Å². The first kappa shape index (κ1) is 37.4. The lowest BCUT2D eigenvalue weighted by Gasteiger charge is -2.21. The highest BCUT2D eigenvalue weighted by atomic mass is 16.3. The maximum absolute atomic E-state index is 6.54. The van der Waals surface area contributed by atoms with Gasteiger partial charge in [0.2, 0.25) is 0 Å². The Hall–Kier alpha value is -8.42. The lowest BCUT2D eigenvalue weighted by atomic mass is 9.82. The summed E-state index contributed by atoms with van der Waals surface area (Å²) in [5.41, 5.74) is 13.8. The first-order valence-corrected chi connectivity index (χ1v) is 21.4. The normalized spacial score (nSPS) is 12.7. The third-order valence-corrected chi connectivity index (χ3v) is 12.4. The van der Waals surface area contributed by atoms with Crippen molar-refractivity contribution in [3.63, 3.8) is 0 Å². The van der Waals surface area contributed by atoms with Crippen LogP contribution >= 0.6 is 0 Å². The molecule has 0 saturated heterocycles. The van der Waals surface area contributed by atoms with Gasteiger partial charge in [0.15, 0.2) is 34.9 Å². The van der Waals surface area contributed by atoms with Gasteiger partial charge in [-0.1, -0.05) is 184 Å². The van der Waals surface area contributed by atoms with Crippen LogP contribution in [0.1, 0.15) is 25.0 Å². The first-order valence-electron chi connectivity index (χ1n) is 21.4. The van der Waals surface area contributed by atoms with Crippen molar-refractivity contribution in [1.82, 2.24) is 29.9 Å². The lowest BCUT2D eigenvalue weighted by Crippen LogP contribution is -2.14. The molecule has 0 N–H and O–H groups in total. The highest BCUT2D eigenvalue weighted by Crippen LogP contribution is 2.53. The number of aromatic nitrogens is 6. The van der Waals surface area contributed by atoms with Gasteiger partial charge in [-0.05, 0) is 57.6 Å². The molecule has 0 aliphatic heterocycles. The molecule has 0 spiro atoms. The van der Waals surface area contributed by atoms with Gasteiger partial charge in [-0.15, -0.1) is 0 Å². The predicted molar refractivity (Wildman–Crippen MR) is 256 cm³/mol. The van der Waals surface area contributed by atoms with Crippen molar-refractivity contribution in [1.29, 1.82) is 0 Å². The van der Waals surface area contributed by atoms with E-state index in [0.29, 0.717) is 34.9 Å². The van der Waals surface area contributed by atoms with Crippen molar-refractivity contribution < 1.29 is 4.42 Å². The summed E-state index contributed by atoms with van der Waals surface area (Å²) < 4.78 is 6.54. The van der Waals surface area contributed by atoms with Gasteiger partial charge in [-0.3, -0.25) is 0 Å². The summed E-state index contributed by atoms with van der Waals surface area (Å²) in [5.74, 6) is 3.72. The Bertz CT molecular complexity index is 3450. The third-order valence-electron chi connectivity index (χ3n) is 12.4. The van der Waals surface area contributed by atoms with Gasteiger partial charge in [0, 0.05) is 49.6 Å². The highest BCUT2D eigenvalue weighted by Gasteiger charge is 2.37. The quantitative estimate of drug-likeness (QED) is 0.158. The predicted octanol–water partition coefficient (Wildman–Crippen LogP) is 13.9. The Labute approximate surface area is 369 Å². The van der Waals surface area contributed by atoms with Gasteiger partial charge < -0.3 is 4.42 Å². The number of nitrogens with zero attached hydrogens (tertiary/aromatic N) is 6. The molecule has 64 heavy (non-hydrogen) atoms. The molecule has 0 fully saturated rings. The van der Waals surface area contributed by atoms with Crippen molar-refractivity contribution >= 4 is 21.9 Å². The first-order chi connectivity index (χ1) is 31.5. The zero-order valence-electron chi connectivity index (χ0n) is 35.1. The summed E-state index contributed by atoms with van der Waals surface area (Å²) in [6, 6.07) is 66.3. The van der Waals surface area contributed by atoms with E-state index in [2.05, 4.69) is 74.5 Å². The van der Waals surface area contributed by atoms with E-state index >= 15 is 0 Å². The van der Waals surface area contributed by atoms with Gasteiger partial charge in [0.25, 0.3) is 0 Å². The SMILES string of the molecule is CC1(C)c2ccc(-c3ccc4oc5cccc(-c6nc(-c7ccccc7)nc(-c7ccccc7)n6)c5c4c3)cc2-c2c(-c3nc(-c4ccccc4)nc(-c4ccccc4)n3)cccc21. The van der Waals surface area contributed by atoms with E-state index in [1.54, 1.807) is 0 Å². The van der Waals surface area contributed by atoms with Crippen LogP contribution in [-0.4, -0.2) is 29.9 Å². The van der Waals surface area contributed by atoms with Gasteiger partial charge in [0.05, 0.1) is 0 Å². The van der Waals surface area contributed by atoms with E-state index in [-0.39, 0.29) is 5.41 Å². The minimum absolute atomic E-state index is 0.252. The molecule has 0 bridgehead atoms. The van der Waals surface area contributed by atoms with Crippen LogP contribution in [0.4, 0.5) is 0 Å². The van der Waals surface area contributed by atoms with E-state index in [9.17, 15) is 0 Å². The molecule has 1 aliphatic carbocycles. The van der Waals surface area contributed by atoms with E-state index in [4.69, 9.17) is 34.3 Å². The van der Waals surface area contributed by atoms with Gasteiger partial charge in [0.1, 0.15) is 11.2 Å². The molecule has 11 aromatic rings. The van der Waals surface area contributed by atoms with E-state index in [0.717, 1.165) is 72.0 Å². The molecule has 302 valence electrons. The molecule has 3 heterocycles. The monoisotopic (exact) mass is 822 g/mol. The molecule has 0 saturated carbocycles. The maximum atomic E-state index is 6.54. The number of rotatable bonds is 7. The smallest absolute Gasteiger partial charge is 0.164 e. The lowest BCUT2D eigenvalue weighted by molar-refractivity contribution is 0.660.